The first-order valence-corrected chi connectivity index (χ1v) is 8.04. The van der Waals surface area contributed by atoms with Crippen molar-refractivity contribution in [2.24, 2.45) is 0 Å². The smallest absolute Gasteiger partial charge is 0.0461 e. The maximum Gasteiger partial charge on any atom is 0.0461 e. The molecule has 1 aromatic heterocycles. The average Bonchev–Trinajstić information content (AvgIpc) is 2.47. The van der Waals surface area contributed by atoms with Crippen molar-refractivity contribution in [3.05, 3.63) is 59.9 Å². The topological polar surface area (TPSA) is 12.9 Å². The average molecular weight is 322 g/mol. The van der Waals surface area contributed by atoms with Crippen molar-refractivity contribution < 1.29 is 0 Å². The second-order valence-corrected chi connectivity index (χ2v) is 6.11. The summed E-state index contributed by atoms with van der Waals surface area (Å²) in [6.45, 7) is 2.23. The first-order chi connectivity index (χ1) is 8.72. The summed E-state index contributed by atoms with van der Waals surface area (Å²) in [5, 5.41) is 0. The van der Waals surface area contributed by atoms with E-state index in [2.05, 4.69) is 70.5 Å². The molecular formula is C15H16BrNS. The summed E-state index contributed by atoms with van der Waals surface area (Å²) < 4.78 is 0. The van der Waals surface area contributed by atoms with Gasteiger partial charge in [-0.1, -0.05) is 35.0 Å². The Kier molecular flexibility index (Phi) is 4.84. The van der Waals surface area contributed by atoms with Crippen molar-refractivity contribution in [2.75, 3.05) is 6.26 Å². The van der Waals surface area contributed by atoms with E-state index in [-0.39, 0.29) is 0 Å². The Morgan fingerprint density at radius 3 is 2.17 bits per heavy atom. The third-order valence-electron chi connectivity index (χ3n) is 3.11. The van der Waals surface area contributed by atoms with E-state index in [9.17, 15) is 0 Å². The second kappa shape index (κ2) is 6.39. The molecule has 1 heterocycles. The normalized spacial score (nSPS) is 14.2. The van der Waals surface area contributed by atoms with Crippen molar-refractivity contribution in [1.29, 1.82) is 0 Å². The van der Waals surface area contributed by atoms with Crippen LogP contribution >= 0.6 is 27.7 Å². The summed E-state index contributed by atoms with van der Waals surface area (Å²) in [6.07, 6.45) is 5.80. The molecule has 94 valence electrons. The lowest BCUT2D eigenvalue weighted by molar-refractivity contribution is 0.749. The van der Waals surface area contributed by atoms with Gasteiger partial charge in [0.1, 0.15) is 0 Å². The molecule has 0 amide bonds. The Labute approximate surface area is 121 Å². The Hall–Kier alpha value is -0.800. The van der Waals surface area contributed by atoms with Gasteiger partial charge in [-0.25, -0.2) is 0 Å². The highest BCUT2D eigenvalue weighted by molar-refractivity contribution is 9.09. The number of rotatable bonds is 4. The van der Waals surface area contributed by atoms with Gasteiger partial charge in [0, 0.05) is 22.1 Å². The number of hydrogen-bond donors (Lipinski definition) is 0. The standard InChI is InChI=1S/C15H16BrNS/c1-11(12-7-9-17-10-8-12)15(16)13-3-5-14(18-2)6-4-13/h3-11,15H,1-2H3. The molecule has 3 heteroatoms. The molecule has 2 rings (SSSR count). The number of benzene rings is 1. The fraction of sp³-hybridized carbons (Fsp3) is 0.267. The van der Waals surface area contributed by atoms with Gasteiger partial charge in [-0.3, -0.25) is 4.98 Å². The SMILES string of the molecule is CSc1ccc(C(Br)C(C)c2ccncc2)cc1. The van der Waals surface area contributed by atoms with Crippen LogP contribution in [0.2, 0.25) is 0 Å². The predicted octanol–water partition coefficient (Wildman–Crippen LogP) is 5.04. The van der Waals surface area contributed by atoms with E-state index in [1.54, 1.807) is 11.8 Å². The molecule has 0 aliphatic rings. The van der Waals surface area contributed by atoms with Gasteiger partial charge in [0.2, 0.25) is 0 Å². The van der Waals surface area contributed by atoms with E-state index in [0.717, 1.165) is 0 Å². The van der Waals surface area contributed by atoms with Crippen LogP contribution in [0.25, 0.3) is 0 Å². The Morgan fingerprint density at radius 1 is 1.00 bits per heavy atom. The van der Waals surface area contributed by atoms with Gasteiger partial charge < -0.3 is 0 Å². The van der Waals surface area contributed by atoms with Crippen LogP contribution < -0.4 is 0 Å². The number of pyridine rings is 1. The molecule has 0 aliphatic carbocycles. The van der Waals surface area contributed by atoms with Crippen molar-refractivity contribution in [2.45, 2.75) is 22.6 Å². The van der Waals surface area contributed by atoms with E-state index in [1.165, 1.54) is 16.0 Å². The first-order valence-electron chi connectivity index (χ1n) is 5.90. The zero-order valence-corrected chi connectivity index (χ0v) is 12.9. The van der Waals surface area contributed by atoms with Crippen LogP contribution in [0.3, 0.4) is 0 Å². The highest BCUT2D eigenvalue weighted by atomic mass is 79.9. The van der Waals surface area contributed by atoms with Gasteiger partial charge in [-0.2, -0.15) is 0 Å². The number of aromatic nitrogens is 1. The van der Waals surface area contributed by atoms with Crippen LogP contribution in [-0.4, -0.2) is 11.2 Å². The molecular weight excluding hydrogens is 306 g/mol. The summed E-state index contributed by atoms with van der Waals surface area (Å²) in [6, 6.07) is 12.9. The number of halogens is 1. The molecule has 2 unspecified atom stereocenters. The lowest BCUT2D eigenvalue weighted by Crippen LogP contribution is -2.02. The minimum absolute atomic E-state index is 0.329. The molecule has 0 N–H and O–H groups in total. The molecule has 18 heavy (non-hydrogen) atoms. The summed E-state index contributed by atoms with van der Waals surface area (Å²) in [4.78, 5) is 5.69. The van der Waals surface area contributed by atoms with Crippen molar-refractivity contribution in [1.82, 2.24) is 4.98 Å². The molecule has 1 nitrogen and oxygen atoms in total. The second-order valence-electron chi connectivity index (χ2n) is 4.24. The molecule has 0 saturated heterocycles. The van der Waals surface area contributed by atoms with Crippen LogP contribution in [0.15, 0.2) is 53.7 Å². The van der Waals surface area contributed by atoms with E-state index in [4.69, 9.17) is 0 Å². The van der Waals surface area contributed by atoms with Gasteiger partial charge in [0.05, 0.1) is 0 Å². The number of alkyl halides is 1. The number of thioether (sulfide) groups is 1. The highest BCUT2D eigenvalue weighted by Gasteiger charge is 2.17. The van der Waals surface area contributed by atoms with Gasteiger partial charge in [0.25, 0.3) is 0 Å². The van der Waals surface area contributed by atoms with E-state index in [0.29, 0.717) is 10.7 Å². The fourth-order valence-corrected chi connectivity index (χ4v) is 2.93. The largest absolute Gasteiger partial charge is 0.265 e. The van der Waals surface area contributed by atoms with Gasteiger partial charge in [-0.15, -0.1) is 11.8 Å². The predicted molar refractivity (Wildman–Crippen MR) is 82.5 cm³/mol. The minimum Gasteiger partial charge on any atom is -0.265 e. The zero-order chi connectivity index (χ0) is 13.0. The Balaban J connectivity index is 2.17. The molecule has 2 aromatic rings. The van der Waals surface area contributed by atoms with Crippen molar-refractivity contribution in [3.63, 3.8) is 0 Å². The van der Waals surface area contributed by atoms with Crippen LogP contribution in [-0.2, 0) is 0 Å². The Bertz CT molecular complexity index is 484. The molecule has 2 atom stereocenters. The molecule has 1 aromatic carbocycles. The lowest BCUT2D eigenvalue weighted by Gasteiger charge is -2.19. The Morgan fingerprint density at radius 2 is 1.61 bits per heavy atom. The quantitative estimate of drug-likeness (QED) is 0.577. The maximum atomic E-state index is 4.06. The van der Waals surface area contributed by atoms with E-state index < -0.39 is 0 Å². The summed E-state index contributed by atoms with van der Waals surface area (Å²) in [5.74, 6) is 0.424. The molecule has 0 spiro atoms. The van der Waals surface area contributed by atoms with Crippen molar-refractivity contribution >= 4 is 27.7 Å². The number of nitrogens with zero attached hydrogens (tertiary/aromatic N) is 1. The van der Waals surface area contributed by atoms with Crippen LogP contribution in [0.1, 0.15) is 28.8 Å². The van der Waals surface area contributed by atoms with Crippen molar-refractivity contribution in [3.8, 4) is 0 Å². The van der Waals surface area contributed by atoms with Crippen LogP contribution in [0, 0.1) is 0 Å². The summed E-state index contributed by atoms with van der Waals surface area (Å²) in [5.41, 5.74) is 2.62. The monoisotopic (exact) mass is 321 g/mol. The highest BCUT2D eigenvalue weighted by Crippen LogP contribution is 2.37. The molecule has 0 aliphatic heterocycles. The molecule has 0 fully saturated rings. The number of hydrogen-bond acceptors (Lipinski definition) is 2. The molecule has 0 saturated carbocycles. The van der Waals surface area contributed by atoms with E-state index in [1.807, 2.05) is 12.4 Å². The van der Waals surface area contributed by atoms with Crippen LogP contribution in [0.4, 0.5) is 0 Å². The zero-order valence-electron chi connectivity index (χ0n) is 10.5. The van der Waals surface area contributed by atoms with E-state index >= 15 is 0 Å². The fourth-order valence-electron chi connectivity index (χ4n) is 1.91. The summed E-state index contributed by atoms with van der Waals surface area (Å²) in [7, 11) is 0. The summed E-state index contributed by atoms with van der Waals surface area (Å²) >= 11 is 5.58. The molecule has 0 radical (unpaired) electrons. The first kappa shape index (κ1) is 13.6. The van der Waals surface area contributed by atoms with Crippen LogP contribution in [0.5, 0.6) is 0 Å². The third kappa shape index (κ3) is 3.15. The van der Waals surface area contributed by atoms with Gasteiger partial charge in [-0.05, 0) is 47.6 Å². The van der Waals surface area contributed by atoms with Gasteiger partial charge >= 0.3 is 0 Å². The third-order valence-corrected chi connectivity index (χ3v) is 5.17. The minimum atomic E-state index is 0.329. The maximum absolute atomic E-state index is 4.06. The lowest BCUT2D eigenvalue weighted by atomic mass is 9.94. The van der Waals surface area contributed by atoms with Gasteiger partial charge in [0.15, 0.2) is 0 Å². The molecule has 0 bridgehead atoms.